The Labute approximate surface area is 446 Å². The monoisotopic (exact) mass is 1080 g/mol. The first kappa shape index (κ1) is 58.5. The number of amides is 3. The SMILES string of the molecule is COP(=O)(O)C[C@H]1O[C@H](CO)[C@@H](OCc2ccccc2)[C@H](OCc2ccccc2)[C@@]1(CC(=O)NOC[C@H]1O[C@H](OCCNC(=O)c2ccccc2C(=O)O)C[C@@H](OCc2ccccc2)[C@@H]1OCc1ccccc1)NC(C)=O. The number of rotatable bonds is 28. The van der Waals surface area contributed by atoms with Crippen LogP contribution in [0.15, 0.2) is 146 Å². The minimum absolute atomic E-state index is 0.00509. The van der Waals surface area contributed by atoms with Gasteiger partial charge in [-0.25, -0.2) is 10.3 Å². The van der Waals surface area contributed by atoms with E-state index >= 15 is 0 Å². The zero-order valence-electron chi connectivity index (χ0n) is 42.8. The van der Waals surface area contributed by atoms with Gasteiger partial charge >= 0.3 is 13.6 Å². The summed E-state index contributed by atoms with van der Waals surface area (Å²) in [6.45, 7) is 0.389. The summed E-state index contributed by atoms with van der Waals surface area (Å²) in [5.74, 6) is -3.34. The zero-order valence-corrected chi connectivity index (χ0v) is 43.7. The number of aliphatic hydroxyl groups excluding tert-OH is 1. The van der Waals surface area contributed by atoms with E-state index in [1.54, 1.807) is 6.07 Å². The second-order valence-corrected chi connectivity index (χ2v) is 20.5. The molecule has 3 amide bonds. The number of aromatic carboxylic acids is 1. The largest absolute Gasteiger partial charge is 0.478 e. The van der Waals surface area contributed by atoms with Gasteiger partial charge in [0.1, 0.15) is 42.7 Å². The summed E-state index contributed by atoms with van der Waals surface area (Å²) in [7, 11) is -3.45. The van der Waals surface area contributed by atoms with Gasteiger partial charge in [-0.1, -0.05) is 133 Å². The van der Waals surface area contributed by atoms with E-state index in [4.69, 9.17) is 42.5 Å². The van der Waals surface area contributed by atoms with Crippen LogP contribution in [0.1, 0.15) is 62.7 Å². The molecule has 5 aromatic carbocycles. The Bertz CT molecular complexity index is 2690. The topological polar surface area (TPSA) is 265 Å². The summed E-state index contributed by atoms with van der Waals surface area (Å²) in [6, 6.07) is 43.0. The minimum atomic E-state index is -4.49. The Hall–Kier alpha value is -6.23. The lowest BCUT2D eigenvalue weighted by Crippen LogP contribution is -2.75. The highest BCUT2D eigenvalue weighted by molar-refractivity contribution is 7.52. The Morgan fingerprint density at radius 3 is 1.73 bits per heavy atom. The maximum atomic E-state index is 14.6. The summed E-state index contributed by atoms with van der Waals surface area (Å²) in [6.07, 6.45) is -9.93. The van der Waals surface area contributed by atoms with E-state index in [0.29, 0.717) is 5.56 Å². The first-order valence-electron chi connectivity index (χ1n) is 25.1. The summed E-state index contributed by atoms with van der Waals surface area (Å²) < 4.78 is 63.8. The molecule has 2 fully saturated rings. The fourth-order valence-corrected chi connectivity index (χ4v) is 10.3. The van der Waals surface area contributed by atoms with Gasteiger partial charge in [0.2, 0.25) is 11.8 Å². The van der Waals surface area contributed by atoms with E-state index in [0.717, 1.165) is 23.8 Å². The Kier molecular flexibility index (Phi) is 22.0. The second kappa shape index (κ2) is 28.9. The van der Waals surface area contributed by atoms with E-state index in [1.165, 1.54) is 25.1 Å². The van der Waals surface area contributed by atoms with E-state index in [1.807, 2.05) is 121 Å². The molecule has 7 rings (SSSR count). The molecular weight excluding hydrogens is 1020 g/mol. The molecule has 2 aliphatic heterocycles. The van der Waals surface area contributed by atoms with Crippen molar-refractivity contribution in [1.29, 1.82) is 0 Å². The lowest BCUT2D eigenvalue weighted by atomic mass is 9.76. The molecule has 2 heterocycles. The van der Waals surface area contributed by atoms with Crippen LogP contribution >= 0.6 is 7.60 Å². The molecule has 0 saturated carbocycles. The van der Waals surface area contributed by atoms with Crippen molar-refractivity contribution in [3.05, 3.63) is 179 Å². The number of carbonyl (C=O) groups is 4. The third-order valence-corrected chi connectivity index (χ3v) is 14.3. The second-order valence-electron chi connectivity index (χ2n) is 18.5. The van der Waals surface area contributed by atoms with Gasteiger partial charge < -0.3 is 63.4 Å². The Morgan fingerprint density at radius 2 is 1.19 bits per heavy atom. The molecule has 2 saturated heterocycles. The van der Waals surface area contributed by atoms with Crippen molar-refractivity contribution in [2.24, 2.45) is 0 Å². The average Bonchev–Trinajstić information content (AvgIpc) is 3.47. The van der Waals surface area contributed by atoms with Gasteiger partial charge in [0.25, 0.3) is 5.91 Å². The van der Waals surface area contributed by atoms with Gasteiger partial charge in [0.05, 0.1) is 75.6 Å². The predicted octanol–water partition coefficient (Wildman–Crippen LogP) is 5.49. The number of carboxylic acids is 1. The number of nitrogens with one attached hydrogen (secondary N) is 3. The number of carboxylic acid groups (broad SMARTS) is 1. The normalized spacial score (nSPS) is 24.0. The molecule has 1 unspecified atom stereocenters. The fraction of sp³-hybridized carbons (Fsp3) is 0.393. The number of hydroxylamine groups is 1. The summed E-state index contributed by atoms with van der Waals surface area (Å²) in [5, 5.41) is 26.0. The van der Waals surface area contributed by atoms with Gasteiger partial charge in [-0.15, -0.1) is 0 Å². The van der Waals surface area contributed by atoms with Gasteiger partial charge in [-0.3, -0.25) is 23.8 Å². The standard InChI is InChI=1S/C56H66N3O17P/c1-38(61)58-56(48(37-77(66,67)68-2)75-46(31-60)52(72-34-41-21-11-5-12-22-41)53(56)73-35-42-23-13-6-14-24-42)30-49(62)59-74-36-47-51(71-33-40-19-9-4-10-20-40)45(70-32-39-17-7-3-8-18-39)29-50(76-47)69-28-27-57-54(63)43-25-15-16-26-44(43)55(64)65/h3-26,45-48,50-53,60H,27-37H2,1-2H3,(H,57,63)(H,58,61)(H,59,62)(H,64,65)(H,66,67)/t45-,46-,47-,48-,50+,51+,52-,53+,56+/m1/s1. The number of hydrogen-bond donors (Lipinski definition) is 6. The van der Waals surface area contributed by atoms with Crippen molar-refractivity contribution in [1.82, 2.24) is 16.1 Å². The minimum Gasteiger partial charge on any atom is -0.478 e. The highest BCUT2D eigenvalue weighted by Gasteiger charge is 2.60. The summed E-state index contributed by atoms with van der Waals surface area (Å²) >= 11 is 0. The maximum absolute atomic E-state index is 14.6. The quantitative estimate of drug-likeness (QED) is 0.0205. The summed E-state index contributed by atoms with van der Waals surface area (Å²) in [5.41, 5.74) is 3.53. The van der Waals surface area contributed by atoms with Crippen LogP contribution in [-0.2, 0) is 83.1 Å². The zero-order chi connectivity index (χ0) is 54.6. The molecule has 412 valence electrons. The molecule has 77 heavy (non-hydrogen) atoms. The molecule has 6 N–H and O–H groups in total. The Morgan fingerprint density at radius 1 is 0.675 bits per heavy atom. The highest BCUT2D eigenvalue weighted by Crippen LogP contribution is 2.48. The van der Waals surface area contributed by atoms with Gasteiger partial charge in [-0.2, -0.15) is 0 Å². The molecule has 0 bridgehead atoms. The molecule has 0 aromatic heterocycles. The molecule has 2 aliphatic rings. The Balaban J connectivity index is 1.15. The van der Waals surface area contributed by atoms with Crippen molar-refractivity contribution >= 4 is 31.3 Å². The highest BCUT2D eigenvalue weighted by atomic mass is 31.2. The molecule has 20 nitrogen and oxygen atoms in total. The lowest BCUT2D eigenvalue weighted by Gasteiger charge is -2.54. The van der Waals surface area contributed by atoms with Crippen LogP contribution in [0.3, 0.4) is 0 Å². The smallest absolute Gasteiger partial charge is 0.336 e. The summed E-state index contributed by atoms with van der Waals surface area (Å²) in [4.78, 5) is 69.9. The first-order chi connectivity index (χ1) is 37.3. The van der Waals surface area contributed by atoms with Gasteiger partial charge in [0.15, 0.2) is 6.29 Å². The van der Waals surface area contributed by atoms with Crippen molar-refractivity contribution < 1.29 is 81.4 Å². The van der Waals surface area contributed by atoms with Crippen LogP contribution in [-0.4, -0.2) is 133 Å². The van der Waals surface area contributed by atoms with Crippen LogP contribution in [0.2, 0.25) is 0 Å². The van der Waals surface area contributed by atoms with E-state index < -0.39 is 105 Å². The molecule has 10 atom stereocenters. The van der Waals surface area contributed by atoms with E-state index in [-0.39, 0.29) is 63.7 Å². The van der Waals surface area contributed by atoms with Crippen molar-refractivity contribution in [3.63, 3.8) is 0 Å². The number of ether oxygens (including phenoxy) is 7. The number of aliphatic hydroxyl groups is 1. The molecule has 5 aromatic rings. The van der Waals surface area contributed by atoms with Gasteiger partial charge in [-0.05, 0) is 34.4 Å². The van der Waals surface area contributed by atoms with Crippen LogP contribution in [0, 0.1) is 0 Å². The third kappa shape index (κ3) is 16.9. The number of carbonyl (C=O) groups excluding carboxylic acids is 3. The molecule has 21 heteroatoms. The van der Waals surface area contributed by atoms with Crippen LogP contribution in [0.25, 0.3) is 0 Å². The van der Waals surface area contributed by atoms with Gasteiger partial charge in [0, 0.05) is 27.0 Å². The number of benzene rings is 5. The van der Waals surface area contributed by atoms with E-state index in [9.17, 15) is 38.8 Å². The number of hydrogen-bond acceptors (Lipinski definition) is 15. The molecule has 0 radical (unpaired) electrons. The first-order valence-corrected chi connectivity index (χ1v) is 26.9. The van der Waals surface area contributed by atoms with Crippen molar-refractivity contribution in [3.8, 4) is 0 Å². The van der Waals surface area contributed by atoms with Crippen LogP contribution in [0.4, 0.5) is 0 Å². The van der Waals surface area contributed by atoms with E-state index in [2.05, 4.69) is 16.1 Å². The predicted molar refractivity (Wildman–Crippen MR) is 278 cm³/mol. The maximum Gasteiger partial charge on any atom is 0.336 e. The van der Waals surface area contributed by atoms with Crippen molar-refractivity contribution in [2.75, 3.05) is 39.6 Å². The average molecular weight is 1080 g/mol. The molecule has 0 aliphatic carbocycles. The van der Waals surface area contributed by atoms with Crippen LogP contribution in [0.5, 0.6) is 0 Å². The van der Waals surface area contributed by atoms with Crippen molar-refractivity contribution in [2.45, 2.75) is 101 Å². The fourth-order valence-electron chi connectivity index (χ4n) is 9.30. The lowest BCUT2D eigenvalue weighted by molar-refractivity contribution is -0.280. The van der Waals surface area contributed by atoms with Crippen LogP contribution < -0.4 is 16.1 Å². The molecular formula is C56H66N3O17P. The third-order valence-electron chi connectivity index (χ3n) is 13.0. The molecule has 0 spiro atoms.